The Kier molecular flexibility index (Phi) is 5.48. The van der Waals surface area contributed by atoms with Gasteiger partial charge in [-0.3, -0.25) is 0 Å². The van der Waals surface area contributed by atoms with Gasteiger partial charge in [0.05, 0.1) is 12.4 Å². The molecule has 146 valence electrons. The van der Waals surface area contributed by atoms with E-state index in [2.05, 4.69) is 24.7 Å². The summed E-state index contributed by atoms with van der Waals surface area (Å²) < 4.78 is 13.1. The molecule has 0 amide bonds. The van der Waals surface area contributed by atoms with Gasteiger partial charge in [-0.15, -0.1) is 0 Å². The summed E-state index contributed by atoms with van der Waals surface area (Å²) in [6.07, 6.45) is 2.89. The van der Waals surface area contributed by atoms with Gasteiger partial charge in [-0.05, 0) is 48.4 Å². The highest BCUT2D eigenvalue weighted by Gasteiger charge is 2.28. The van der Waals surface area contributed by atoms with Crippen LogP contribution >= 0.6 is 11.6 Å². The number of halogens is 2. The summed E-state index contributed by atoms with van der Waals surface area (Å²) in [6, 6.07) is 14.9. The van der Waals surface area contributed by atoms with E-state index in [0.717, 1.165) is 42.7 Å². The molecule has 2 aliphatic rings. The predicted octanol–water partition coefficient (Wildman–Crippen LogP) is 3.85. The number of benzene rings is 2. The Morgan fingerprint density at radius 3 is 2.57 bits per heavy atom. The lowest BCUT2D eigenvalue weighted by molar-refractivity contribution is 0.371. The molecule has 1 atom stereocenters. The van der Waals surface area contributed by atoms with Crippen LogP contribution in [0, 0.1) is 5.82 Å². The van der Waals surface area contributed by atoms with Crippen molar-refractivity contribution in [2.24, 2.45) is 9.98 Å². The zero-order chi connectivity index (χ0) is 19.5. The number of guanidine groups is 1. The van der Waals surface area contributed by atoms with Gasteiger partial charge < -0.3 is 14.7 Å². The second kappa shape index (κ2) is 8.19. The number of nitrogens with zero attached hydrogens (tertiary/aromatic N) is 5. The summed E-state index contributed by atoms with van der Waals surface area (Å²) in [5.41, 5.74) is 2.23. The number of aliphatic imine (C=N–C) groups is 2. The van der Waals surface area contributed by atoms with Crippen LogP contribution in [-0.2, 0) is 6.54 Å². The minimum atomic E-state index is -0.203. The molecule has 1 fully saturated rings. The van der Waals surface area contributed by atoms with Crippen molar-refractivity contribution in [1.82, 2.24) is 9.80 Å². The van der Waals surface area contributed by atoms with E-state index < -0.39 is 0 Å². The molecule has 0 N–H and O–H groups in total. The SMILES string of the molecule is CN(C1=NCN(Cc2ccc(Cl)cc2)C=N1)C1CCN(c2ccc(F)cc2)C1. The molecule has 2 heterocycles. The average molecular weight is 400 g/mol. The van der Waals surface area contributed by atoms with Crippen molar-refractivity contribution in [3.63, 3.8) is 0 Å². The van der Waals surface area contributed by atoms with Gasteiger partial charge in [-0.2, -0.15) is 0 Å². The van der Waals surface area contributed by atoms with E-state index >= 15 is 0 Å². The zero-order valence-electron chi connectivity index (χ0n) is 15.8. The summed E-state index contributed by atoms with van der Waals surface area (Å²) >= 11 is 5.94. The first-order valence-corrected chi connectivity index (χ1v) is 9.77. The minimum absolute atomic E-state index is 0.203. The fourth-order valence-electron chi connectivity index (χ4n) is 3.59. The molecule has 1 unspecified atom stereocenters. The largest absolute Gasteiger partial charge is 0.369 e. The van der Waals surface area contributed by atoms with Gasteiger partial charge in [0.2, 0.25) is 5.96 Å². The van der Waals surface area contributed by atoms with Crippen LogP contribution in [0.3, 0.4) is 0 Å². The molecule has 2 aromatic carbocycles. The first-order valence-electron chi connectivity index (χ1n) is 9.39. The topological polar surface area (TPSA) is 34.4 Å². The Balaban J connectivity index is 1.32. The quantitative estimate of drug-likeness (QED) is 0.783. The third kappa shape index (κ3) is 4.28. The number of rotatable bonds is 4. The molecule has 0 radical (unpaired) electrons. The van der Waals surface area contributed by atoms with Crippen LogP contribution in [0.1, 0.15) is 12.0 Å². The van der Waals surface area contributed by atoms with Crippen LogP contribution < -0.4 is 4.90 Å². The zero-order valence-corrected chi connectivity index (χ0v) is 16.6. The lowest BCUT2D eigenvalue weighted by Gasteiger charge is -2.29. The fraction of sp³-hybridized carbons (Fsp3) is 0.333. The maximum Gasteiger partial charge on any atom is 0.223 e. The molecule has 1 saturated heterocycles. The Labute approximate surface area is 169 Å². The molecule has 7 heteroatoms. The van der Waals surface area contributed by atoms with Gasteiger partial charge in [0.15, 0.2) is 0 Å². The number of hydrogen-bond donors (Lipinski definition) is 0. The van der Waals surface area contributed by atoms with E-state index in [1.54, 1.807) is 0 Å². The van der Waals surface area contributed by atoms with Crippen LogP contribution in [0.15, 0.2) is 58.5 Å². The Bertz CT molecular complexity index is 865. The van der Waals surface area contributed by atoms with Crippen molar-refractivity contribution in [3.05, 3.63) is 64.9 Å². The van der Waals surface area contributed by atoms with E-state index in [0.29, 0.717) is 12.7 Å². The van der Waals surface area contributed by atoms with E-state index in [1.165, 1.54) is 17.7 Å². The molecule has 5 nitrogen and oxygen atoms in total. The van der Waals surface area contributed by atoms with E-state index in [1.807, 2.05) is 49.8 Å². The lowest BCUT2D eigenvalue weighted by atomic mass is 10.2. The maximum atomic E-state index is 13.1. The first kappa shape index (κ1) is 18.7. The highest BCUT2D eigenvalue weighted by atomic mass is 35.5. The van der Waals surface area contributed by atoms with Crippen LogP contribution in [0.5, 0.6) is 0 Å². The van der Waals surface area contributed by atoms with Gasteiger partial charge >= 0.3 is 0 Å². The standard InChI is InChI=1S/C21H23ClFN5/c1-26(20-10-11-28(13-20)19-8-6-18(23)7-9-19)21-24-14-27(15-25-21)12-16-2-4-17(22)5-3-16/h2-9,14,20H,10-13,15H2,1H3. The molecular weight excluding hydrogens is 377 g/mol. The van der Waals surface area contributed by atoms with Crippen LogP contribution in [0.2, 0.25) is 5.02 Å². The molecule has 0 saturated carbocycles. The molecule has 2 aliphatic heterocycles. The summed E-state index contributed by atoms with van der Waals surface area (Å²) in [6.45, 7) is 3.16. The molecule has 4 rings (SSSR count). The predicted molar refractivity (Wildman–Crippen MR) is 113 cm³/mol. The lowest BCUT2D eigenvalue weighted by Crippen LogP contribution is -2.41. The Morgan fingerprint density at radius 2 is 1.89 bits per heavy atom. The first-order chi connectivity index (χ1) is 13.6. The Morgan fingerprint density at radius 1 is 1.14 bits per heavy atom. The van der Waals surface area contributed by atoms with Crippen LogP contribution in [0.4, 0.5) is 10.1 Å². The molecule has 2 aromatic rings. The van der Waals surface area contributed by atoms with Crippen molar-refractivity contribution in [2.75, 3.05) is 31.7 Å². The normalized spacial score (nSPS) is 19.1. The molecular formula is C21H23ClFN5. The molecule has 28 heavy (non-hydrogen) atoms. The Hall–Kier alpha value is -2.60. The molecule has 0 bridgehead atoms. The molecule has 0 aromatic heterocycles. The second-order valence-corrected chi connectivity index (χ2v) is 7.63. The monoisotopic (exact) mass is 399 g/mol. The van der Waals surface area contributed by atoms with Crippen molar-refractivity contribution >= 4 is 29.6 Å². The van der Waals surface area contributed by atoms with Crippen molar-refractivity contribution < 1.29 is 4.39 Å². The highest BCUT2D eigenvalue weighted by Crippen LogP contribution is 2.23. The molecule has 0 aliphatic carbocycles. The summed E-state index contributed by atoms with van der Waals surface area (Å²) in [7, 11) is 2.05. The van der Waals surface area contributed by atoms with Gasteiger partial charge in [-0.25, -0.2) is 14.4 Å². The summed E-state index contributed by atoms with van der Waals surface area (Å²) in [4.78, 5) is 15.7. The fourth-order valence-corrected chi connectivity index (χ4v) is 3.72. The summed E-state index contributed by atoms with van der Waals surface area (Å²) in [5, 5.41) is 0.740. The second-order valence-electron chi connectivity index (χ2n) is 7.19. The number of hydrogen-bond acceptors (Lipinski definition) is 5. The third-order valence-corrected chi connectivity index (χ3v) is 5.50. The maximum absolute atomic E-state index is 13.1. The third-order valence-electron chi connectivity index (χ3n) is 5.25. The average Bonchev–Trinajstić information content (AvgIpc) is 3.20. The van der Waals surface area contributed by atoms with E-state index in [-0.39, 0.29) is 5.82 Å². The van der Waals surface area contributed by atoms with E-state index in [9.17, 15) is 4.39 Å². The highest BCUT2D eigenvalue weighted by molar-refractivity contribution is 6.30. The van der Waals surface area contributed by atoms with Crippen molar-refractivity contribution in [3.8, 4) is 0 Å². The van der Waals surface area contributed by atoms with Gasteiger partial charge in [0.25, 0.3) is 0 Å². The van der Waals surface area contributed by atoms with Crippen molar-refractivity contribution in [1.29, 1.82) is 0 Å². The van der Waals surface area contributed by atoms with Crippen LogP contribution in [-0.4, -0.2) is 54.9 Å². The van der Waals surface area contributed by atoms with Gasteiger partial charge in [-0.1, -0.05) is 23.7 Å². The number of anilines is 1. The molecule has 0 spiro atoms. The van der Waals surface area contributed by atoms with Gasteiger partial charge in [0.1, 0.15) is 12.5 Å². The van der Waals surface area contributed by atoms with Crippen molar-refractivity contribution in [2.45, 2.75) is 19.0 Å². The van der Waals surface area contributed by atoms with E-state index in [4.69, 9.17) is 11.6 Å². The number of likely N-dealkylation sites (N-methyl/N-ethyl adjacent to an activating group) is 1. The van der Waals surface area contributed by atoms with Gasteiger partial charge in [0, 0.05) is 37.4 Å². The smallest absolute Gasteiger partial charge is 0.223 e. The van der Waals surface area contributed by atoms with Crippen LogP contribution in [0.25, 0.3) is 0 Å². The minimum Gasteiger partial charge on any atom is -0.369 e. The summed E-state index contributed by atoms with van der Waals surface area (Å²) in [5.74, 6) is 0.559.